The minimum atomic E-state index is -0.427. The highest BCUT2D eigenvalue weighted by molar-refractivity contribution is 5.69. The maximum atomic E-state index is 12.2. The number of nitrogens with one attached hydrogen (secondary N) is 1. The zero-order valence-electron chi connectivity index (χ0n) is 11.9. The molecule has 1 unspecified atom stereocenters. The summed E-state index contributed by atoms with van der Waals surface area (Å²) in [6.07, 6.45) is -0.190. The predicted octanol–water partition coefficient (Wildman–Crippen LogP) is 2.24. The minimum Gasteiger partial charge on any atom is -0.444 e. The topological polar surface area (TPSA) is 41.6 Å². The van der Waals surface area contributed by atoms with Crippen LogP contribution in [-0.2, 0) is 4.74 Å². The molecule has 0 spiro atoms. The molecule has 1 N–H and O–H groups in total. The fourth-order valence-corrected chi connectivity index (χ4v) is 2.15. The molecule has 0 saturated carbocycles. The van der Waals surface area contributed by atoms with Crippen LogP contribution in [0.1, 0.15) is 41.5 Å². The van der Waals surface area contributed by atoms with Crippen molar-refractivity contribution >= 4 is 6.09 Å². The molecule has 0 aromatic heterocycles. The lowest BCUT2D eigenvalue weighted by atomic mass is 9.98. The molecule has 1 aliphatic heterocycles. The number of hydrogen-bond donors (Lipinski definition) is 1. The Morgan fingerprint density at radius 2 is 1.94 bits per heavy atom. The fraction of sp³-hybridized carbons (Fsp3) is 0.923. The van der Waals surface area contributed by atoms with Gasteiger partial charge < -0.3 is 10.1 Å². The van der Waals surface area contributed by atoms with Crippen LogP contribution >= 0.6 is 0 Å². The lowest BCUT2D eigenvalue weighted by Crippen LogP contribution is -2.60. The number of hydrogen-bond acceptors (Lipinski definition) is 3. The molecule has 100 valence electrons. The standard InChI is InChI=1S/C13H26N2O2/c1-9(2)11-8-14-7-10(3)15(11)12(16)17-13(4,5)6/h9-11,14H,7-8H2,1-6H3/t10?,11-/m1/s1. The molecule has 4 nitrogen and oxygen atoms in total. The van der Waals surface area contributed by atoms with Gasteiger partial charge in [-0.05, 0) is 33.6 Å². The Hall–Kier alpha value is -0.770. The molecular weight excluding hydrogens is 216 g/mol. The van der Waals surface area contributed by atoms with Crippen LogP contribution in [0.4, 0.5) is 4.79 Å². The van der Waals surface area contributed by atoms with E-state index in [1.807, 2.05) is 25.7 Å². The zero-order chi connectivity index (χ0) is 13.2. The van der Waals surface area contributed by atoms with E-state index in [9.17, 15) is 4.79 Å². The molecule has 0 aromatic rings. The van der Waals surface area contributed by atoms with Crippen LogP contribution in [0.15, 0.2) is 0 Å². The van der Waals surface area contributed by atoms with Crippen LogP contribution in [-0.4, -0.2) is 41.8 Å². The van der Waals surface area contributed by atoms with Crippen molar-refractivity contribution in [1.82, 2.24) is 10.2 Å². The lowest BCUT2D eigenvalue weighted by molar-refractivity contribution is -0.00621. The van der Waals surface area contributed by atoms with Gasteiger partial charge in [0.25, 0.3) is 0 Å². The normalized spacial score (nSPS) is 26.2. The van der Waals surface area contributed by atoms with Crippen LogP contribution in [0, 0.1) is 5.92 Å². The first-order chi connectivity index (χ1) is 7.72. The summed E-state index contributed by atoms with van der Waals surface area (Å²) in [6.45, 7) is 13.7. The molecular formula is C13H26N2O2. The Labute approximate surface area is 105 Å². The number of carbonyl (C=O) groups excluding carboxylic acids is 1. The summed E-state index contributed by atoms with van der Waals surface area (Å²) in [6, 6.07) is 0.402. The summed E-state index contributed by atoms with van der Waals surface area (Å²) in [5.41, 5.74) is -0.427. The van der Waals surface area contributed by atoms with Crippen molar-refractivity contribution in [3.05, 3.63) is 0 Å². The van der Waals surface area contributed by atoms with E-state index < -0.39 is 5.60 Å². The summed E-state index contributed by atoms with van der Waals surface area (Å²) in [5.74, 6) is 0.428. The molecule has 0 aromatic carbocycles. The van der Waals surface area contributed by atoms with Crippen molar-refractivity contribution in [2.24, 2.45) is 5.92 Å². The van der Waals surface area contributed by atoms with E-state index in [0.29, 0.717) is 5.92 Å². The smallest absolute Gasteiger partial charge is 0.410 e. The molecule has 0 aliphatic carbocycles. The van der Waals surface area contributed by atoms with Crippen molar-refractivity contribution in [3.63, 3.8) is 0 Å². The number of ether oxygens (including phenoxy) is 1. The highest BCUT2D eigenvalue weighted by Crippen LogP contribution is 2.20. The van der Waals surface area contributed by atoms with E-state index in [2.05, 4.69) is 26.1 Å². The van der Waals surface area contributed by atoms with E-state index in [1.165, 1.54) is 0 Å². The average molecular weight is 242 g/mol. The van der Waals surface area contributed by atoms with E-state index in [-0.39, 0.29) is 18.2 Å². The van der Waals surface area contributed by atoms with Crippen LogP contribution in [0.25, 0.3) is 0 Å². The van der Waals surface area contributed by atoms with Gasteiger partial charge >= 0.3 is 6.09 Å². The maximum Gasteiger partial charge on any atom is 0.410 e. The maximum absolute atomic E-state index is 12.2. The van der Waals surface area contributed by atoms with Crippen LogP contribution in [0.3, 0.4) is 0 Å². The summed E-state index contributed by atoms with van der Waals surface area (Å²) < 4.78 is 5.49. The molecule has 4 heteroatoms. The number of nitrogens with zero attached hydrogens (tertiary/aromatic N) is 1. The molecule has 0 radical (unpaired) electrons. The van der Waals surface area contributed by atoms with Crippen molar-refractivity contribution in [3.8, 4) is 0 Å². The Balaban J connectivity index is 2.78. The minimum absolute atomic E-state index is 0.186. The lowest BCUT2D eigenvalue weighted by Gasteiger charge is -2.43. The first-order valence-electron chi connectivity index (χ1n) is 6.44. The summed E-state index contributed by atoms with van der Waals surface area (Å²) in [5, 5.41) is 3.36. The third-order valence-corrected chi connectivity index (χ3v) is 3.00. The van der Waals surface area contributed by atoms with Gasteiger partial charge in [-0.15, -0.1) is 0 Å². The second-order valence-corrected chi connectivity index (χ2v) is 6.21. The summed E-state index contributed by atoms with van der Waals surface area (Å²) in [7, 11) is 0. The van der Waals surface area contributed by atoms with Gasteiger partial charge in [0.15, 0.2) is 0 Å². The molecule has 2 atom stereocenters. The first kappa shape index (κ1) is 14.3. The Kier molecular flexibility index (Phi) is 4.42. The quantitative estimate of drug-likeness (QED) is 0.766. The van der Waals surface area contributed by atoms with Gasteiger partial charge in [-0.2, -0.15) is 0 Å². The van der Waals surface area contributed by atoms with E-state index >= 15 is 0 Å². The SMILES string of the molecule is CC(C)[C@H]1CNCC(C)N1C(=O)OC(C)(C)C. The largest absolute Gasteiger partial charge is 0.444 e. The van der Waals surface area contributed by atoms with Crippen molar-refractivity contribution in [2.75, 3.05) is 13.1 Å². The predicted molar refractivity (Wildman–Crippen MR) is 69.0 cm³/mol. The highest BCUT2D eigenvalue weighted by Gasteiger charge is 2.35. The molecule has 1 saturated heterocycles. The van der Waals surface area contributed by atoms with Crippen LogP contribution in [0.5, 0.6) is 0 Å². The second-order valence-electron chi connectivity index (χ2n) is 6.21. The first-order valence-corrected chi connectivity index (χ1v) is 6.44. The van der Waals surface area contributed by atoms with Crippen molar-refractivity contribution in [2.45, 2.75) is 59.2 Å². The molecule has 1 aliphatic rings. The van der Waals surface area contributed by atoms with E-state index in [0.717, 1.165) is 13.1 Å². The van der Waals surface area contributed by atoms with Gasteiger partial charge in [0.2, 0.25) is 0 Å². The Morgan fingerprint density at radius 3 is 2.41 bits per heavy atom. The van der Waals surface area contributed by atoms with Crippen LogP contribution in [0.2, 0.25) is 0 Å². The summed E-state index contributed by atoms with van der Waals surface area (Å²) >= 11 is 0. The molecule has 1 heterocycles. The van der Waals surface area contributed by atoms with Gasteiger partial charge in [0, 0.05) is 19.1 Å². The monoisotopic (exact) mass is 242 g/mol. The Bertz CT molecular complexity index is 271. The number of amides is 1. The molecule has 1 fully saturated rings. The highest BCUT2D eigenvalue weighted by atomic mass is 16.6. The van der Waals surface area contributed by atoms with Gasteiger partial charge in [-0.3, -0.25) is 4.90 Å². The molecule has 1 amide bonds. The third-order valence-electron chi connectivity index (χ3n) is 3.00. The van der Waals surface area contributed by atoms with Gasteiger partial charge in [-0.1, -0.05) is 13.8 Å². The van der Waals surface area contributed by atoms with Crippen molar-refractivity contribution < 1.29 is 9.53 Å². The number of carbonyl (C=O) groups is 1. The average Bonchev–Trinajstić information content (AvgIpc) is 2.13. The van der Waals surface area contributed by atoms with E-state index in [1.54, 1.807) is 0 Å². The van der Waals surface area contributed by atoms with Crippen molar-refractivity contribution in [1.29, 1.82) is 0 Å². The number of rotatable bonds is 1. The van der Waals surface area contributed by atoms with Crippen LogP contribution < -0.4 is 5.32 Å². The summed E-state index contributed by atoms with van der Waals surface area (Å²) in [4.78, 5) is 14.1. The Morgan fingerprint density at radius 1 is 1.35 bits per heavy atom. The molecule has 0 bridgehead atoms. The van der Waals surface area contributed by atoms with Gasteiger partial charge in [0.1, 0.15) is 5.60 Å². The fourth-order valence-electron chi connectivity index (χ4n) is 2.15. The third kappa shape index (κ3) is 3.87. The molecule has 17 heavy (non-hydrogen) atoms. The van der Waals surface area contributed by atoms with E-state index in [4.69, 9.17) is 4.74 Å². The van der Waals surface area contributed by atoms with Gasteiger partial charge in [0.05, 0.1) is 6.04 Å². The van der Waals surface area contributed by atoms with Gasteiger partial charge in [-0.25, -0.2) is 4.79 Å². The number of piperazine rings is 1. The molecule has 1 rings (SSSR count). The zero-order valence-corrected chi connectivity index (χ0v) is 11.9. The second kappa shape index (κ2) is 5.25.